The summed E-state index contributed by atoms with van der Waals surface area (Å²) in [5.41, 5.74) is -5.79. The predicted octanol–water partition coefficient (Wildman–Crippen LogP) is 4.35. The van der Waals surface area contributed by atoms with Gasteiger partial charge in [-0.15, -0.1) is 0 Å². The maximum atomic E-state index is 14.7. The predicted molar refractivity (Wildman–Crippen MR) is 99.8 cm³/mol. The van der Waals surface area contributed by atoms with Crippen LogP contribution in [0, 0.1) is 19.3 Å². The fraction of sp³-hybridized carbons (Fsp3) is 0.150. The Bertz CT molecular complexity index is 1250. The molecule has 0 bridgehead atoms. The van der Waals surface area contributed by atoms with E-state index in [4.69, 9.17) is 11.3 Å². The molecule has 0 spiro atoms. The highest BCUT2D eigenvalue weighted by Gasteiger charge is 2.38. The molecule has 0 fully saturated rings. The molecule has 3 rings (SSSR count). The van der Waals surface area contributed by atoms with Crippen LogP contribution in [0.15, 0.2) is 52.1 Å². The van der Waals surface area contributed by atoms with Gasteiger partial charge >= 0.3 is 11.9 Å². The first-order valence-electron chi connectivity index (χ1n) is 8.40. The molecule has 3 aromatic rings. The van der Waals surface area contributed by atoms with Gasteiger partial charge in [0.05, 0.1) is 12.3 Å². The van der Waals surface area contributed by atoms with Crippen LogP contribution in [0.25, 0.3) is 10.5 Å². The second kappa shape index (κ2) is 7.51. The molecule has 0 aliphatic carbocycles. The Morgan fingerprint density at radius 2 is 1.73 bits per heavy atom. The van der Waals surface area contributed by atoms with Crippen LogP contribution in [-0.4, -0.2) is 9.13 Å². The first-order valence-corrected chi connectivity index (χ1v) is 8.40. The minimum absolute atomic E-state index is 0.167. The molecular weight excluding hydrogens is 406 g/mol. The molecule has 0 aliphatic rings. The second-order valence-corrected chi connectivity index (χ2v) is 6.25. The zero-order chi connectivity index (χ0) is 22.2. The number of para-hydroxylation sites is 1. The molecule has 0 aliphatic heterocycles. The van der Waals surface area contributed by atoms with Crippen LogP contribution in [0.1, 0.15) is 11.3 Å². The zero-order valence-electron chi connectivity index (χ0n) is 15.6. The van der Waals surface area contributed by atoms with Crippen LogP contribution in [0.3, 0.4) is 0 Å². The molecule has 30 heavy (non-hydrogen) atoms. The first kappa shape index (κ1) is 20.9. The maximum absolute atomic E-state index is 14.7. The van der Waals surface area contributed by atoms with Gasteiger partial charge in [-0.1, -0.05) is 18.2 Å². The summed E-state index contributed by atoms with van der Waals surface area (Å²) in [5, 5.41) is 0. The van der Waals surface area contributed by atoms with E-state index in [2.05, 4.69) is 4.85 Å². The minimum atomic E-state index is -4.95. The van der Waals surface area contributed by atoms with Gasteiger partial charge in [-0.3, -0.25) is 9.36 Å². The van der Waals surface area contributed by atoms with E-state index in [1.807, 2.05) is 0 Å². The summed E-state index contributed by atoms with van der Waals surface area (Å²) in [7, 11) is 0.834. The maximum Gasteiger partial charge on any atom is 0.432 e. The average molecular weight is 419 g/mol. The van der Waals surface area contributed by atoms with E-state index in [1.54, 1.807) is 30.3 Å². The fourth-order valence-corrected chi connectivity index (χ4v) is 2.96. The standard InChI is InChI=1S/C20H13F4N3O3/c1-11-17(20(22,23)24)26(3)19(29)27(18(11)28)15-10-16(14(25-2)9-13(15)21)30-12-7-5-4-6-8-12/h4-10H,1,3H3. The van der Waals surface area contributed by atoms with Crippen molar-refractivity contribution in [2.75, 3.05) is 0 Å². The summed E-state index contributed by atoms with van der Waals surface area (Å²) in [6, 6.07) is 9.82. The number of rotatable bonds is 3. The minimum Gasteiger partial charge on any atom is -0.468 e. The van der Waals surface area contributed by atoms with Crippen LogP contribution in [0.4, 0.5) is 23.2 Å². The summed E-state index contributed by atoms with van der Waals surface area (Å²) in [5.74, 6) is -1.01. The van der Waals surface area contributed by atoms with Gasteiger partial charge in [0.15, 0.2) is 0 Å². The third kappa shape index (κ3) is 3.57. The van der Waals surface area contributed by atoms with Gasteiger partial charge in [0.25, 0.3) is 5.56 Å². The monoisotopic (exact) mass is 419 g/mol. The molecule has 1 heterocycles. The summed E-state index contributed by atoms with van der Waals surface area (Å²) in [6.45, 7) is 8.09. The van der Waals surface area contributed by atoms with Crippen LogP contribution < -0.4 is 16.0 Å². The number of aromatic nitrogens is 2. The highest BCUT2D eigenvalue weighted by atomic mass is 19.4. The highest BCUT2D eigenvalue weighted by Crippen LogP contribution is 2.35. The van der Waals surface area contributed by atoms with Crippen molar-refractivity contribution in [1.82, 2.24) is 9.13 Å². The van der Waals surface area contributed by atoms with Gasteiger partial charge in [-0.2, -0.15) is 13.2 Å². The topological polar surface area (TPSA) is 57.6 Å². The Hall–Kier alpha value is -3.87. The van der Waals surface area contributed by atoms with E-state index in [0.717, 1.165) is 26.1 Å². The summed E-state index contributed by atoms with van der Waals surface area (Å²) >= 11 is 0. The molecule has 10 heteroatoms. The van der Waals surface area contributed by atoms with Crippen LogP contribution in [0.2, 0.25) is 0 Å². The summed E-state index contributed by atoms with van der Waals surface area (Å²) < 4.78 is 60.5. The van der Waals surface area contributed by atoms with Crippen molar-refractivity contribution in [3.05, 3.63) is 91.8 Å². The van der Waals surface area contributed by atoms with E-state index >= 15 is 0 Å². The van der Waals surface area contributed by atoms with Crippen LogP contribution in [0.5, 0.6) is 11.5 Å². The van der Waals surface area contributed by atoms with E-state index in [9.17, 15) is 27.2 Å². The molecule has 0 atom stereocenters. The van der Waals surface area contributed by atoms with Crippen molar-refractivity contribution < 1.29 is 22.3 Å². The molecule has 0 saturated heterocycles. The van der Waals surface area contributed by atoms with E-state index in [-0.39, 0.29) is 20.6 Å². The smallest absolute Gasteiger partial charge is 0.432 e. The third-order valence-electron chi connectivity index (χ3n) is 4.32. The normalized spacial score (nSPS) is 11.2. The fourth-order valence-electron chi connectivity index (χ4n) is 2.96. The molecule has 0 amide bonds. The SMILES string of the molecule is [C-]#[N+]c1cc(F)c(-n2c(=O)c(C)c(C(F)(F)F)n(C)c2=O)cc1Oc1ccccc1. The Morgan fingerprint density at radius 1 is 1.10 bits per heavy atom. The number of hydrogen-bond acceptors (Lipinski definition) is 3. The number of hydrogen-bond donors (Lipinski definition) is 0. The second-order valence-electron chi connectivity index (χ2n) is 6.25. The Kier molecular flexibility index (Phi) is 5.22. The number of ether oxygens (including phenoxy) is 1. The lowest BCUT2D eigenvalue weighted by atomic mass is 10.2. The van der Waals surface area contributed by atoms with Crippen molar-refractivity contribution in [3.63, 3.8) is 0 Å². The average Bonchev–Trinajstić information content (AvgIpc) is 2.68. The number of benzene rings is 2. The molecule has 0 N–H and O–H groups in total. The molecule has 0 unspecified atom stereocenters. The molecule has 1 aromatic heterocycles. The van der Waals surface area contributed by atoms with E-state index in [0.29, 0.717) is 5.75 Å². The Morgan fingerprint density at radius 3 is 2.30 bits per heavy atom. The van der Waals surface area contributed by atoms with Crippen molar-refractivity contribution >= 4 is 5.69 Å². The van der Waals surface area contributed by atoms with Crippen molar-refractivity contribution in [2.24, 2.45) is 7.05 Å². The molecule has 6 nitrogen and oxygen atoms in total. The van der Waals surface area contributed by atoms with Crippen LogP contribution >= 0.6 is 0 Å². The summed E-state index contributed by atoms with van der Waals surface area (Å²) in [4.78, 5) is 28.3. The highest BCUT2D eigenvalue weighted by molar-refractivity contribution is 5.63. The number of nitrogens with zero attached hydrogens (tertiary/aromatic N) is 3. The lowest BCUT2D eigenvalue weighted by Crippen LogP contribution is -2.43. The molecule has 0 saturated carbocycles. The van der Waals surface area contributed by atoms with Gasteiger partial charge in [0.1, 0.15) is 23.0 Å². The van der Waals surface area contributed by atoms with Crippen LogP contribution in [-0.2, 0) is 13.2 Å². The quantitative estimate of drug-likeness (QED) is 0.469. The largest absolute Gasteiger partial charge is 0.468 e. The van der Waals surface area contributed by atoms with Gasteiger partial charge in [-0.25, -0.2) is 18.6 Å². The molecule has 2 aromatic carbocycles. The van der Waals surface area contributed by atoms with Gasteiger partial charge in [0, 0.05) is 12.6 Å². The zero-order valence-corrected chi connectivity index (χ0v) is 15.6. The van der Waals surface area contributed by atoms with E-state index in [1.165, 1.54) is 0 Å². The number of alkyl halides is 3. The molecular formula is C20H13F4N3O3. The van der Waals surface area contributed by atoms with Gasteiger partial charge in [-0.05, 0) is 31.2 Å². The van der Waals surface area contributed by atoms with Gasteiger partial charge in [0.2, 0.25) is 5.69 Å². The van der Waals surface area contributed by atoms with Crippen molar-refractivity contribution in [1.29, 1.82) is 0 Å². The Balaban J connectivity index is 2.29. The Labute approximate surface area is 167 Å². The van der Waals surface area contributed by atoms with Crippen molar-refractivity contribution in [2.45, 2.75) is 13.1 Å². The lowest BCUT2D eigenvalue weighted by molar-refractivity contribution is -0.144. The molecule has 0 radical (unpaired) electrons. The van der Waals surface area contributed by atoms with Crippen molar-refractivity contribution in [3.8, 4) is 17.2 Å². The van der Waals surface area contributed by atoms with E-state index < -0.39 is 40.2 Å². The van der Waals surface area contributed by atoms with Gasteiger partial charge < -0.3 is 4.74 Å². The summed E-state index contributed by atoms with van der Waals surface area (Å²) in [6.07, 6.45) is -4.95. The number of halogens is 4. The lowest BCUT2D eigenvalue weighted by Gasteiger charge is -2.18. The molecule has 154 valence electrons. The first-order chi connectivity index (χ1) is 14.1. The third-order valence-corrected chi connectivity index (χ3v) is 4.32.